The molecule has 0 radical (unpaired) electrons. The highest BCUT2D eigenvalue weighted by Gasteiger charge is 2.46. The number of aryl methyl sites for hydroxylation is 1. The summed E-state index contributed by atoms with van der Waals surface area (Å²) in [5, 5.41) is 10.8. The summed E-state index contributed by atoms with van der Waals surface area (Å²) in [4.78, 5) is 15.6. The van der Waals surface area contributed by atoms with E-state index in [1.807, 2.05) is 25.2 Å². The quantitative estimate of drug-likeness (QED) is 0.672. The molecule has 0 aliphatic heterocycles. The largest absolute Gasteiger partial charge is 0.424 e. The van der Waals surface area contributed by atoms with Crippen molar-refractivity contribution >= 4 is 5.91 Å². The fraction of sp³-hybridized carbons (Fsp3) is 0.348. The standard InChI is InChI=1S/C23H26N4O2/c1-17-25-26-21(29-17)16-24-22(28)23(14-19-10-6-7-11-20(19)15-23)27(2)13-12-18-8-4-3-5-9-18/h3-11H,12-16H2,1-2H3,(H,24,28). The van der Waals surface area contributed by atoms with Crippen molar-refractivity contribution in [1.29, 1.82) is 0 Å². The van der Waals surface area contributed by atoms with Gasteiger partial charge in [0.1, 0.15) is 5.54 Å². The summed E-state index contributed by atoms with van der Waals surface area (Å²) >= 11 is 0. The zero-order valence-electron chi connectivity index (χ0n) is 16.9. The molecule has 6 heteroatoms. The lowest BCUT2D eigenvalue weighted by molar-refractivity contribution is -0.132. The number of benzene rings is 2. The van der Waals surface area contributed by atoms with Gasteiger partial charge >= 0.3 is 0 Å². The molecular weight excluding hydrogens is 364 g/mol. The number of aromatic nitrogens is 2. The van der Waals surface area contributed by atoms with E-state index < -0.39 is 5.54 Å². The van der Waals surface area contributed by atoms with Gasteiger partial charge in [-0.3, -0.25) is 9.69 Å². The Morgan fingerprint density at radius 2 is 1.72 bits per heavy atom. The number of hydrogen-bond donors (Lipinski definition) is 1. The summed E-state index contributed by atoms with van der Waals surface area (Å²) in [6.07, 6.45) is 2.29. The number of nitrogens with zero attached hydrogens (tertiary/aromatic N) is 3. The molecule has 1 aliphatic carbocycles. The Hall–Kier alpha value is -2.99. The van der Waals surface area contributed by atoms with Gasteiger partial charge in [0.2, 0.25) is 17.7 Å². The van der Waals surface area contributed by atoms with Crippen LogP contribution in [0.5, 0.6) is 0 Å². The maximum absolute atomic E-state index is 13.4. The Kier molecular flexibility index (Phi) is 5.45. The molecule has 1 amide bonds. The molecule has 4 rings (SSSR count). The number of amides is 1. The van der Waals surface area contributed by atoms with E-state index in [1.54, 1.807) is 6.92 Å². The Labute approximate surface area is 170 Å². The topological polar surface area (TPSA) is 71.3 Å². The molecule has 0 bridgehead atoms. The summed E-state index contributed by atoms with van der Waals surface area (Å²) in [7, 11) is 2.05. The van der Waals surface area contributed by atoms with Crippen LogP contribution in [-0.2, 0) is 30.6 Å². The van der Waals surface area contributed by atoms with Crippen molar-refractivity contribution in [3.63, 3.8) is 0 Å². The maximum atomic E-state index is 13.4. The fourth-order valence-corrected chi connectivity index (χ4v) is 4.08. The second-order valence-electron chi connectivity index (χ2n) is 7.71. The smallest absolute Gasteiger partial charge is 0.241 e. The first-order valence-electron chi connectivity index (χ1n) is 9.96. The van der Waals surface area contributed by atoms with Gasteiger partial charge < -0.3 is 9.73 Å². The highest BCUT2D eigenvalue weighted by molar-refractivity contribution is 5.88. The van der Waals surface area contributed by atoms with Crippen molar-refractivity contribution in [1.82, 2.24) is 20.4 Å². The van der Waals surface area contributed by atoms with Crippen molar-refractivity contribution in [2.75, 3.05) is 13.6 Å². The van der Waals surface area contributed by atoms with Crippen molar-refractivity contribution in [2.45, 2.75) is 38.3 Å². The van der Waals surface area contributed by atoms with Gasteiger partial charge in [-0.15, -0.1) is 10.2 Å². The average molecular weight is 390 g/mol. The van der Waals surface area contributed by atoms with Crippen LogP contribution in [-0.4, -0.2) is 40.1 Å². The number of carbonyl (C=O) groups excluding carboxylic acids is 1. The van der Waals surface area contributed by atoms with Crippen LogP contribution in [0.2, 0.25) is 0 Å². The molecule has 1 heterocycles. The van der Waals surface area contributed by atoms with Crippen molar-refractivity contribution in [3.05, 3.63) is 83.1 Å². The Balaban J connectivity index is 1.52. The SMILES string of the molecule is Cc1nnc(CNC(=O)C2(N(C)CCc3ccccc3)Cc3ccccc3C2)o1. The fourth-order valence-electron chi connectivity index (χ4n) is 4.08. The van der Waals surface area contributed by atoms with Crippen LogP contribution in [0, 0.1) is 6.92 Å². The predicted octanol–water partition coefficient (Wildman–Crippen LogP) is 2.71. The third-order valence-corrected chi connectivity index (χ3v) is 5.78. The third kappa shape index (κ3) is 4.07. The Morgan fingerprint density at radius 3 is 2.34 bits per heavy atom. The highest BCUT2D eigenvalue weighted by atomic mass is 16.4. The number of fused-ring (bicyclic) bond motifs is 1. The van der Waals surface area contributed by atoms with Crippen molar-refractivity contribution in [2.24, 2.45) is 0 Å². The molecular formula is C23H26N4O2. The molecule has 1 aromatic heterocycles. The minimum Gasteiger partial charge on any atom is -0.424 e. The van der Waals surface area contributed by atoms with E-state index in [-0.39, 0.29) is 12.5 Å². The number of hydrogen-bond acceptors (Lipinski definition) is 5. The second-order valence-corrected chi connectivity index (χ2v) is 7.71. The molecule has 2 aromatic carbocycles. The lowest BCUT2D eigenvalue weighted by atomic mass is 9.91. The van der Waals surface area contributed by atoms with E-state index in [2.05, 4.69) is 56.8 Å². The molecule has 1 aliphatic rings. The first-order valence-corrected chi connectivity index (χ1v) is 9.96. The molecule has 0 spiro atoms. The molecule has 0 saturated heterocycles. The number of rotatable bonds is 7. The zero-order chi connectivity index (χ0) is 20.3. The van der Waals surface area contributed by atoms with Gasteiger partial charge in [0.25, 0.3) is 0 Å². The normalized spacial score (nSPS) is 14.7. The van der Waals surface area contributed by atoms with Gasteiger partial charge in [0.15, 0.2) is 0 Å². The highest BCUT2D eigenvalue weighted by Crippen LogP contribution is 2.34. The number of carbonyl (C=O) groups is 1. The van der Waals surface area contributed by atoms with E-state index in [4.69, 9.17) is 4.42 Å². The van der Waals surface area contributed by atoms with Gasteiger partial charge in [-0.25, -0.2) is 0 Å². The predicted molar refractivity (Wildman–Crippen MR) is 110 cm³/mol. The van der Waals surface area contributed by atoms with E-state index >= 15 is 0 Å². The molecule has 6 nitrogen and oxygen atoms in total. The van der Waals surface area contributed by atoms with Crippen LogP contribution in [0.3, 0.4) is 0 Å². The van der Waals surface area contributed by atoms with Gasteiger partial charge in [-0.1, -0.05) is 54.6 Å². The number of nitrogens with one attached hydrogen (secondary N) is 1. The summed E-state index contributed by atoms with van der Waals surface area (Å²) in [5.41, 5.74) is 3.13. The molecule has 3 aromatic rings. The van der Waals surface area contributed by atoms with E-state index in [0.717, 1.165) is 13.0 Å². The molecule has 1 N–H and O–H groups in total. The summed E-state index contributed by atoms with van der Waals surface area (Å²) in [5.74, 6) is 0.922. The first kappa shape index (κ1) is 19.3. The van der Waals surface area contributed by atoms with E-state index in [0.29, 0.717) is 24.6 Å². The lowest BCUT2D eigenvalue weighted by Crippen LogP contribution is -2.58. The maximum Gasteiger partial charge on any atom is 0.241 e. The molecule has 0 saturated carbocycles. The third-order valence-electron chi connectivity index (χ3n) is 5.78. The Morgan fingerprint density at radius 1 is 1.07 bits per heavy atom. The summed E-state index contributed by atoms with van der Waals surface area (Å²) in [6, 6.07) is 18.7. The molecule has 0 fully saturated rings. The first-order chi connectivity index (χ1) is 14.1. The summed E-state index contributed by atoms with van der Waals surface area (Å²) in [6.45, 7) is 2.78. The van der Waals surface area contributed by atoms with Crippen LogP contribution < -0.4 is 5.32 Å². The van der Waals surface area contributed by atoms with Crippen LogP contribution in [0.4, 0.5) is 0 Å². The van der Waals surface area contributed by atoms with E-state index in [1.165, 1.54) is 16.7 Å². The molecule has 0 atom stereocenters. The monoisotopic (exact) mass is 390 g/mol. The van der Waals surface area contributed by atoms with Crippen molar-refractivity contribution in [3.8, 4) is 0 Å². The molecule has 150 valence electrons. The number of likely N-dealkylation sites (N-methyl/N-ethyl adjacent to an activating group) is 1. The van der Waals surface area contributed by atoms with Gasteiger partial charge in [-0.05, 0) is 30.2 Å². The zero-order valence-corrected chi connectivity index (χ0v) is 16.9. The van der Waals surface area contributed by atoms with Crippen LogP contribution in [0.1, 0.15) is 28.5 Å². The molecule has 29 heavy (non-hydrogen) atoms. The van der Waals surface area contributed by atoms with E-state index in [9.17, 15) is 4.79 Å². The van der Waals surface area contributed by atoms with Crippen LogP contribution in [0.15, 0.2) is 59.0 Å². The van der Waals surface area contributed by atoms with Crippen LogP contribution >= 0.6 is 0 Å². The second kappa shape index (κ2) is 8.17. The lowest BCUT2D eigenvalue weighted by Gasteiger charge is -2.37. The Bertz CT molecular complexity index is 958. The van der Waals surface area contributed by atoms with Gasteiger partial charge in [0.05, 0.1) is 6.54 Å². The molecule has 0 unspecified atom stereocenters. The van der Waals surface area contributed by atoms with Gasteiger partial charge in [0, 0.05) is 26.3 Å². The summed E-state index contributed by atoms with van der Waals surface area (Å²) < 4.78 is 5.41. The average Bonchev–Trinajstić information content (AvgIpc) is 3.35. The van der Waals surface area contributed by atoms with Crippen LogP contribution in [0.25, 0.3) is 0 Å². The minimum atomic E-state index is -0.618. The van der Waals surface area contributed by atoms with Crippen molar-refractivity contribution < 1.29 is 9.21 Å². The minimum absolute atomic E-state index is 0.000106. The van der Waals surface area contributed by atoms with Gasteiger partial charge in [-0.2, -0.15) is 0 Å².